The van der Waals surface area contributed by atoms with Gasteiger partial charge in [0.15, 0.2) is 0 Å². The minimum atomic E-state index is -1.05. The Balaban J connectivity index is 1.39. The molecule has 2 N–H and O–H groups in total. The van der Waals surface area contributed by atoms with Gasteiger partial charge in [-0.15, -0.1) is 0 Å². The van der Waals surface area contributed by atoms with Crippen LogP contribution in [0.5, 0.6) is 5.75 Å². The molecule has 39 heavy (non-hydrogen) atoms. The van der Waals surface area contributed by atoms with E-state index in [0.29, 0.717) is 17.9 Å². The number of non-ortho nitro benzene ring substituents is 1. The number of aliphatic imine (C=N–C) groups is 1. The minimum Gasteiger partial charge on any atom is -0.489 e. The molecular formula is C31H25N3O5. The van der Waals surface area contributed by atoms with Crippen LogP contribution in [0.15, 0.2) is 83.9 Å². The van der Waals surface area contributed by atoms with Crippen LogP contribution < -0.4 is 4.74 Å². The largest absolute Gasteiger partial charge is 0.489 e. The van der Waals surface area contributed by atoms with Gasteiger partial charge in [-0.2, -0.15) is 0 Å². The van der Waals surface area contributed by atoms with Crippen molar-refractivity contribution in [2.45, 2.75) is 32.3 Å². The zero-order valence-corrected chi connectivity index (χ0v) is 21.4. The number of benzene rings is 4. The summed E-state index contributed by atoms with van der Waals surface area (Å²) in [5.41, 5.74) is 5.40. The molecule has 0 bridgehead atoms. The molecule has 1 unspecified atom stereocenters. The molecule has 2 heterocycles. The van der Waals surface area contributed by atoms with Crippen molar-refractivity contribution in [2.24, 2.45) is 4.99 Å². The molecule has 6 rings (SSSR count). The Kier molecular flexibility index (Phi) is 5.68. The highest BCUT2D eigenvalue weighted by Crippen LogP contribution is 2.48. The van der Waals surface area contributed by atoms with Crippen molar-refractivity contribution in [3.63, 3.8) is 0 Å². The lowest BCUT2D eigenvalue weighted by Crippen LogP contribution is -2.38. The van der Waals surface area contributed by atoms with E-state index in [4.69, 9.17) is 4.74 Å². The highest BCUT2D eigenvalue weighted by molar-refractivity contribution is 6.41. The first kappa shape index (κ1) is 24.4. The van der Waals surface area contributed by atoms with Gasteiger partial charge in [0.25, 0.3) is 5.69 Å². The summed E-state index contributed by atoms with van der Waals surface area (Å²) in [4.78, 5) is 31.2. The van der Waals surface area contributed by atoms with Crippen LogP contribution in [-0.2, 0) is 23.2 Å². The maximum absolute atomic E-state index is 12.5. The molecule has 0 radical (unpaired) electrons. The zero-order chi connectivity index (χ0) is 27.3. The van der Waals surface area contributed by atoms with Gasteiger partial charge in [0, 0.05) is 39.4 Å². The molecule has 194 valence electrons. The molecule has 0 spiro atoms. The Morgan fingerprint density at radius 3 is 2.51 bits per heavy atom. The van der Waals surface area contributed by atoms with Crippen LogP contribution >= 0.6 is 0 Å². The fourth-order valence-electron chi connectivity index (χ4n) is 5.78. The van der Waals surface area contributed by atoms with Crippen LogP contribution in [0.2, 0.25) is 0 Å². The van der Waals surface area contributed by atoms with Crippen molar-refractivity contribution in [3.8, 4) is 5.75 Å². The average Bonchev–Trinajstić information content (AvgIpc) is 3.44. The zero-order valence-electron chi connectivity index (χ0n) is 21.4. The number of H-pyrrole nitrogens is 1. The van der Waals surface area contributed by atoms with Gasteiger partial charge in [-0.3, -0.25) is 10.1 Å². The molecule has 5 aromatic rings. The van der Waals surface area contributed by atoms with E-state index in [1.165, 1.54) is 12.1 Å². The molecule has 8 nitrogen and oxygen atoms in total. The van der Waals surface area contributed by atoms with Gasteiger partial charge >= 0.3 is 5.97 Å². The molecule has 0 fully saturated rings. The second-order valence-electron chi connectivity index (χ2n) is 10.1. The molecule has 1 atom stereocenters. The van der Waals surface area contributed by atoms with Crippen LogP contribution in [0.3, 0.4) is 0 Å². The van der Waals surface area contributed by atoms with Gasteiger partial charge < -0.3 is 14.8 Å². The summed E-state index contributed by atoms with van der Waals surface area (Å²) in [5.74, 6) is -0.425. The summed E-state index contributed by atoms with van der Waals surface area (Å²) in [7, 11) is 0. The van der Waals surface area contributed by atoms with Crippen molar-refractivity contribution in [1.29, 1.82) is 0 Å². The number of carboxylic acid groups (broad SMARTS) is 1. The number of nitrogens with zero attached hydrogens (tertiary/aromatic N) is 2. The monoisotopic (exact) mass is 519 g/mol. The number of aryl methyl sites for hydroxylation is 1. The molecule has 0 aliphatic carbocycles. The number of aromatic nitrogens is 1. The first-order valence-corrected chi connectivity index (χ1v) is 12.6. The van der Waals surface area contributed by atoms with Crippen LogP contribution in [0.1, 0.15) is 29.2 Å². The molecule has 4 aromatic carbocycles. The smallest absolute Gasteiger partial charge is 0.351 e. The van der Waals surface area contributed by atoms with Gasteiger partial charge in [0.1, 0.15) is 18.1 Å². The van der Waals surface area contributed by atoms with Gasteiger partial charge in [0.2, 0.25) is 0 Å². The highest BCUT2D eigenvalue weighted by atomic mass is 16.6. The van der Waals surface area contributed by atoms with Gasteiger partial charge in [-0.05, 0) is 72.9 Å². The van der Waals surface area contributed by atoms with E-state index in [0.717, 1.165) is 44.1 Å². The summed E-state index contributed by atoms with van der Waals surface area (Å²) in [6, 6.07) is 23.8. The van der Waals surface area contributed by atoms with E-state index in [2.05, 4.69) is 16.0 Å². The number of hydrogen-bond acceptors (Lipinski definition) is 5. The summed E-state index contributed by atoms with van der Waals surface area (Å²) in [6.45, 7) is 4.17. The predicted octanol–water partition coefficient (Wildman–Crippen LogP) is 6.79. The fraction of sp³-hybridized carbons (Fsp3) is 0.161. The molecule has 1 aromatic heterocycles. The van der Waals surface area contributed by atoms with E-state index in [-0.39, 0.29) is 18.0 Å². The summed E-state index contributed by atoms with van der Waals surface area (Å²) in [6.07, 6.45) is 0.369. The Morgan fingerprint density at radius 1 is 1.05 bits per heavy atom. The third-order valence-electron chi connectivity index (χ3n) is 7.60. The number of hydrogen-bond donors (Lipinski definition) is 2. The number of aliphatic carboxylic acids is 1. The number of para-hydroxylation sites is 2. The van der Waals surface area contributed by atoms with E-state index in [1.807, 2.05) is 62.4 Å². The Morgan fingerprint density at radius 2 is 1.77 bits per heavy atom. The first-order chi connectivity index (χ1) is 18.8. The number of ether oxygens (including phenoxy) is 1. The number of nitrogens with one attached hydrogen (secondary N) is 1. The third-order valence-corrected chi connectivity index (χ3v) is 7.60. The lowest BCUT2D eigenvalue weighted by atomic mass is 9.72. The summed E-state index contributed by atoms with van der Waals surface area (Å²) < 4.78 is 6.14. The van der Waals surface area contributed by atoms with Gasteiger partial charge in [0.05, 0.1) is 10.6 Å². The maximum Gasteiger partial charge on any atom is 0.351 e. The number of carboxylic acids is 1. The highest BCUT2D eigenvalue weighted by Gasteiger charge is 2.45. The van der Waals surface area contributed by atoms with E-state index in [9.17, 15) is 20.0 Å². The normalized spacial score (nSPS) is 16.3. The Hall–Kier alpha value is -4.98. The van der Waals surface area contributed by atoms with Crippen LogP contribution in [0.4, 0.5) is 11.4 Å². The second-order valence-corrected chi connectivity index (χ2v) is 10.1. The first-order valence-electron chi connectivity index (χ1n) is 12.6. The quantitative estimate of drug-likeness (QED) is 0.181. The van der Waals surface area contributed by atoms with Crippen LogP contribution in [0, 0.1) is 17.0 Å². The predicted molar refractivity (Wildman–Crippen MR) is 150 cm³/mol. The number of nitro benzene ring substituents is 1. The van der Waals surface area contributed by atoms with E-state index in [1.54, 1.807) is 12.1 Å². The summed E-state index contributed by atoms with van der Waals surface area (Å²) in [5, 5.41) is 23.3. The molecular weight excluding hydrogens is 494 g/mol. The number of aromatic amines is 1. The van der Waals surface area contributed by atoms with Crippen LogP contribution in [-0.4, -0.2) is 26.7 Å². The average molecular weight is 520 g/mol. The van der Waals surface area contributed by atoms with Crippen molar-refractivity contribution in [2.75, 3.05) is 0 Å². The Labute approximate surface area is 223 Å². The van der Waals surface area contributed by atoms with Crippen molar-refractivity contribution in [3.05, 3.63) is 111 Å². The third kappa shape index (κ3) is 4.01. The molecule has 0 amide bonds. The molecule has 1 aliphatic rings. The number of fused-ring (bicyclic) bond motifs is 4. The maximum atomic E-state index is 12.5. The lowest BCUT2D eigenvalue weighted by Gasteiger charge is -2.28. The van der Waals surface area contributed by atoms with Crippen molar-refractivity contribution < 1.29 is 19.6 Å². The van der Waals surface area contributed by atoms with Crippen molar-refractivity contribution in [1.82, 2.24) is 4.98 Å². The molecule has 0 saturated carbocycles. The fourth-order valence-corrected chi connectivity index (χ4v) is 5.78. The van der Waals surface area contributed by atoms with Gasteiger partial charge in [-0.25, -0.2) is 9.79 Å². The minimum absolute atomic E-state index is 0.0203. The molecule has 1 aliphatic heterocycles. The summed E-state index contributed by atoms with van der Waals surface area (Å²) >= 11 is 0. The molecule has 8 heteroatoms. The van der Waals surface area contributed by atoms with Crippen molar-refractivity contribution >= 4 is 44.9 Å². The number of carbonyl (C=O) groups is 1. The second kappa shape index (κ2) is 9.09. The Bertz CT molecular complexity index is 1820. The van der Waals surface area contributed by atoms with E-state index < -0.39 is 16.3 Å². The standard InChI is InChI=1S/C31H25N3O5/c1-18-27-25(15-23-22-8-4-5-9-24(22)32-28(18)23)33-29(30(35)36)31(27,2)16-20-7-3-6-10-26(20)39-17-19-11-13-21(14-12-19)34(37)38/h3-15,32H,16-17H2,1-2H3,(H,35,36). The molecule has 0 saturated heterocycles. The number of rotatable bonds is 7. The SMILES string of the molecule is Cc1c2c(cc3c1[nH]c1ccccc13)N=C(C(=O)O)C2(C)Cc1ccccc1OCc1ccc([N+](=O)[O-])cc1. The van der Waals surface area contributed by atoms with E-state index >= 15 is 0 Å². The lowest BCUT2D eigenvalue weighted by molar-refractivity contribution is -0.384. The van der Waals surface area contributed by atoms with Crippen LogP contribution in [0.25, 0.3) is 21.8 Å². The topological polar surface area (TPSA) is 118 Å². The number of nitro groups is 1. The van der Waals surface area contributed by atoms with Gasteiger partial charge in [-0.1, -0.05) is 36.4 Å².